The second-order valence-corrected chi connectivity index (χ2v) is 9.67. The van der Waals surface area contributed by atoms with Crippen molar-refractivity contribution < 1.29 is 18.3 Å². The van der Waals surface area contributed by atoms with E-state index in [1.165, 1.54) is 6.08 Å². The molecule has 0 radical (unpaired) electrons. The van der Waals surface area contributed by atoms with Crippen LogP contribution in [0.25, 0.3) is 0 Å². The molecule has 200 valence electrons. The Morgan fingerprint density at radius 3 is 2.53 bits per heavy atom. The molecule has 3 atom stereocenters. The molecule has 3 unspecified atom stereocenters. The normalized spacial score (nSPS) is 18.2. The van der Waals surface area contributed by atoms with Gasteiger partial charge in [0, 0.05) is 55.6 Å². The number of hydrogen-bond acceptors (Lipinski definition) is 4. The van der Waals surface area contributed by atoms with Crippen LogP contribution in [-0.2, 0) is 7.05 Å². The lowest BCUT2D eigenvalue weighted by Crippen LogP contribution is -2.36. The van der Waals surface area contributed by atoms with Gasteiger partial charge < -0.3 is 20.7 Å². The zero-order chi connectivity index (χ0) is 26.9. The standard InChI is InChI=1S/C27H40F3N5O/c1-19(2)35(16-22-9-11-24(12-10-22)27(28,29)30)26(23-13-14-34(5)17-23)33-18-32-21(4)8-6-7-20(3)15-25(31)36/h6-9,11,13-14,17-19,21,25-26,36H,10,12,15-16,31H2,1-5H3,(H,32,33)/b8-6-,20-7+. The van der Waals surface area contributed by atoms with Gasteiger partial charge in [0.1, 0.15) is 12.4 Å². The Morgan fingerprint density at radius 2 is 2.00 bits per heavy atom. The van der Waals surface area contributed by atoms with Gasteiger partial charge in [0.2, 0.25) is 0 Å². The molecule has 6 nitrogen and oxygen atoms in total. The van der Waals surface area contributed by atoms with Gasteiger partial charge in [0.15, 0.2) is 0 Å². The molecule has 0 saturated carbocycles. The van der Waals surface area contributed by atoms with Crippen molar-refractivity contribution in [2.24, 2.45) is 17.8 Å². The lowest BCUT2D eigenvalue weighted by Gasteiger charge is -2.33. The van der Waals surface area contributed by atoms with E-state index in [1.807, 2.05) is 62.2 Å². The molecule has 0 fully saturated rings. The van der Waals surface area contributed by atoms with Crippen molar-refractivity contribution in [2.45, 2.75) is 77.6 Å². The highest BCUT2D eigenvalue weighted by molar-refractivity contribution is 5.56. The third kappa shape index (κ3) is 9.79. The Bertz CT molecular complexity index is 986. The Hall–Kier alpha value is -2.62. The number of allylic oxidation sites excluding steroid dienone is 5. The molecule has 0 amide bonds. The number of halogens is 3. The first-order valence-corrected chi connectivity index (χ1v) is 12.3. The van der Waals surface area contributed by atoms with Crippen LogP contribution in [0.1, 0.15) is 58.7 Å². The maximum absolute atomic E-state index is 13.0. The highest BCUT2D eigenvalue weighted by atomic mass is 19.4. The van der Waals surface area contributed by atoms with Gasteiger partial charge in [0.25, 0.3) is 0 Å². The summed E-state index contributed by atoms with van der Waals surface area (Å²) in [4.78, 5) is 7.02. The van der Waals surface area contributed by atoms with Gasteiger partial charge in [-0.25, -0.2) is 0 Å². The number of nitrogens with zero attached hydrogens (tertiary/aromatic N) is 3. The summed E-state index contributed by atoms with van der Waals surface area (Å²) in [5, 5.41) is 12.5. The summed E-state index contributed by atoms with van der Waals surface area (Å²) in [5.41, 5.74) is 7.87. The molecule has 1 aliphatic rings. The molecular weight excluding hydrogens is 467 g/mol. The van der Waals surface area contributed by atoms with Crippen molar-refractivity contribution >= 4 is 6.34 Å². The molecule has 36 heavy (non-hydrogen) atoms. The highest BCUT2D eigenvalue weighted by Crippen LogP contribution is 2.34. The Labute approximate surface area is 212 Å². The van der Waals surface area contributed by atoms with E-state index in [0.29, 0.717) is 19.4 Å². The van der Waals surface area contributed by atoms with Crippen LogP contribution in [0.5, 0.6) is 0 Å². The first-order chi connectivity index (χ1) is 16.9. The summed E-state index contributed by atoms with van der Waals surface area (Å²) in [6, 6.07) is 2.14. The van der Waals surface area contributed by atoms with Crippen LogP contribution < -0.4 is 11.1 Å². The average Bonchev–Trinajstić information content (AvgIpc) is 3.20. The van der Waals surface area contributed by atoms with E-state index in [1.54, 1.807) is 12.4 Å². The van der Waals surface area contributed by atoms with Crippen molar-refractivity contribution in [1.29, 1.82) is 0 Å². The zero-order valence-electron chi connectivity index (χ0n) is 21.8. The number of aliphatic hydroxyl groups is 1. The second-order valence-electron chi connectivity index (χ2n) is 9.67. The number of nitrogens with one attached hydrogen (secondary N) is 1. The first-order valence-electron chi connectivity index (χ1n) is 12.3. The maximum atomic E-state index is 13.0. The number of nitrogens with two attached hydrogens (primary N) is 1. The lowest BCUT2D eigenvalue weighted by atomic mass is 9.97. The van der Waals surface area contributed by atoms with Crippen LogP contribution in [0.4, 0.5) is 13.2 Å². The smallest absolute Gasteiger partial charge is 0.379 e. The molecule has 1 aromatic rings. The fourth-order valence-corrected chi connectivity index (χ4v) is 3.95. The van der Waals surface area contributed by atoms with E-state index in [4.69, 9.17) is 10.7 Å². The summed E-state index contributed by atoms with van der Waals surface area (Å²) in [5.74, 6) is 0. The molecule has 1 aromatic heterocycles. The van der Waals surface area contributed by atoms with E-state index in [0.717, 1.165) is 16.7 Å². The van der Waals surface area contributed by atoms with Crippen LogP contribution in [0.15, 0.2) is 70.6 Å². The maximum Gasteiger partial charge on any atom is 0.412 e. The third-order valence-electron chi connectivity index (χ3n) is 5.98. The van der Waals surface area contributed by atoms with E-state index in [-0.39, 0.29) is 24.7 Å². The number of alkyl halides is 3. The van der Waals surface area contributed by atoms with Crippen LogP contribution in [0.3, 0.4) is 0 Å². The quantitative estimate of drug-likeness (QED) is 0.159. The van der Waals surface area contributed by atoms with Crippen LogP contribution in [0.2, 0.25) is 0 Å². The van der Waals surface area contributed by atoms with Crippen molar-refractivity contribution in [3.05, 3.63) is 71.1 Å². The minimum atomic E-state index is -4.27. The molecule has 0 aliphatic heterocycles. The highest BCUT2D eigenvalue weighted by Gasteiger charge is 2.34. The number of hydrogen-bond donors (Lipinski definition) is 3. The largest absolute Gasteiger partial charge is 0.412 e. The van der Waals surface area contributed by atoms with Gasteiger partial charge in [-0.2, -0.15) is 13.2 Å². The monoisotopic (exact) mass is 507 g/mol. The lowest BCUT2D eigenvalue weighted by molar-refractivity contribution is -0.0941. The molecule has 1 heterocycles. The summed E-state index contributed by atoms with van der Waals surface area (Å²) in [7, 11) is 1.95. The Kier molecular flexibility index (Phi) is 11.2. The van der Waals surface area contributed by atoms with Gasteiger partial charge in [-0.3, -0.25) is 9.89 Å². The molecule has 1 aliphatic carbocycles. The van der Waals surface area contributed by atoms with Crippen molar-refractivity contribution in [1.82, 2.24) is 14.8 Å². The number of aryl methyl sites for hydroxylation is 1. The van der Waals surface area contributed by atoms with Crippen molar-refractivity contribution in [3.8, 4) is 0 Å². The topological polar surface area (TPSA) is 78.8 Å². The number of aliphatic imine (C=N–C) groups is 1. The molecule has 0 spiro atoms. The molecule has 0 aromatic carbocycles. The predicted octanol–water partition coefficient (Wildman–Crippen LogP) is 5.12. The van der Waals surface area contributed by atoms with E-state index in [9.17, 15) is 18.3 Å². The molecule has 0 saturated heterocycles. The number of aromatic nitrogens is 1. The van der Waals surface area contributed by atoms with Crippen LogP contribution in [-0.4, -0.2) is 51.9 Å². The van der Waals surface area contributed by atoms with Gasteiger partial charge >= 0.3 is 6.18 Å². The Balaban J connectivity index is 2.16. The first kappa shape index (κ1) is 29.6. The fourth-order valence-electron chi connectivity index (χ4n) is 3.95. The fraction of sp³-hybridized carbons (Fsp3) is 0.519. The molecule has 2 rings (SSSR count). The summed E-state index contributed by atoms with van der Waals surface area (Å²) in [6.45, 7) is 8.57. The van der Waals surface area contributed by atoms with Gasteiger partial charge in [-0.1, -0.05) is 41.5 Å². The average molecular weight is 508 g/mol. The number of rotatable bonds is 12. The van der Waals surface area contributed by atoms with Crippen molar-refractivity contribution in [2.75, 3.05) is 6.54 Å². The van der Waals surface area contributed by atoms with Crippen LogP contribution >= 0.6 is 0 Å². The Morgan fingerprint density at radius 1 is 1.28 bits per heavy atom. The van der Waals surface area contributed by atoms with Gasteiger partial charge in [0.05, 0.1) is 6.34 Å². The SMILES string of the molecule is C/C(=C\C=C/C(C)NC=NC(c1ccn(C)c1)N(CC1=CC=C(C(F)(F)F)CC1)C(C)C)CC(N)O. The number of aliphatic hydroxyl groups excluding tert-OH is 1. The molecule has 9 heteroatoms. The van der Waals surface area contributed by atoms with E-state index >= 15 is 0 Å². The summed E-state index contributed by atoms with van der Waals surface area (Å²) < 4.78 is 41.0. The molecular formula is C27H40F3N5O. The van der Waals surface area contributed by atoms with Gasteiger partial charge in [-0.15, -0.1) is 0 Å². The molecule has 0 bridgehead atoms. The van der Waals surface area contributed by atoms with Gasteiger partial charge in [-0.05, 0) is 46.6 Å². The van der Waals surface area contributed by atoms with E-state index in [2.05, 4.69) is 24.1 Å². The second kappa shape index (κ2) is 13.6. The van der Waals surface area contributed by atoms with Crippen molar-refractivity contribution in [3.63, 3.8) is 0 Å². The summed E-state index contributed by atoms with van der Waals surface area (Å²) in [6.07, 6.45) is 9.67. The zero-order valence-corrected chi connectivity index (χ0v) is 21.8. The van der Waals surface area contributed by atoms with Crippen LogP contribution in [0, 0.1) is 0 Å². The predicted molar refractivity (Wildman–Crippen MR) is 140 cm³/mol. The minimum Gasteiger partial charge on any atom is -0.379 e. The van der Waals surface area contributed by atoms with E-state index < -0.39 is 18.0 Å². The molecule has 4 N–H and O–H groups in total. The third-order valence-corrected chi connectivity index (χ3v) is 5.98. The summed E-state index contributed by atoms with van der Waals surface area (Å²) >= 11 is 0. The minimum absolute atomic E-state index is 0.00407.